The smallest absolute Gasteiger partial charge is 0.326 e. The molecule has 0 radical (unpaired) electrons. The number of carboxylic acids is 1. The standard InChI is InChI=1S/C24H33N5O6S/c1-36-10-8-18(27-21(31)16(25)13-30)22(32)28-19(23(33)29-9-4-7-20(29)24(34)35)11-14-12-26-17-6-3-2-5-15(14)17/h2-3,5-6,12,16,18-20,26,30H,4,7-11,13,25H2,1H3,(H,27,31)(H,28,32)(H,34,35). The molecular weight excluding hydrogens is 486 g/mol. The predicted octanol–water partition coefficient (Wildman–Crippen LogP) is -0.172. The van der Waals surface area contributed by atoms with E-state index in [-0.39, 0.29) is 19.4 Å². The van der Waals surface area contributed by atoms with Gasteiger partial charge in [0.1, 0.15) is 24.2 Å². The van der Waals surface area contributed by atoms with Crippen molar-refractivity contribution >= 4 is 46.4 Å². The van der Waals surface area contributed by atoms with Crippen molar-refractivity contribution in [1.29, 1.82) is 0 Å². The zero-order valence-corrected chi connectivity index (χ0v) is 20.9. The second kappa shape index (κ2) is 12.7. The molecule has 0 saturated carbocycles. The molecule has 11 nitrogen and oxygen atoms in total. The molecule has 2 heterocycles. The number of hydrogen-bond donors (Lipinski definition) is 6. The molecule has 1 saturated heterocycles. The summed E-state index contributed by atoms with van der Waals surface area (Å²) in [6.45, 7) is -0.288. The largest absolute Gasteiger partial charge is 0.480 e. The Morgan fingerprint density at radius 1 is 1.19 bits per heavy atom. The highest BCUT2D eigenvalue weighted by Crippen LogP contribution is 2.23. The van der Waals surface area contributed by atoms with Gasteiger partial charge in [0.05, 0.1) is 6.61 Å². The van der Waals surface area contributed by atoms with Gasteiger partial charge in [0, 0.05) is 30.1 Å². The molecule has 36 heavy (non-hydrogen) atoms. The van der Waals surface area contributed by atoms with Crippen LogP contribution >= 0.6 is 11.8 Å². The van der Waals surface area contributed by atoms with Crippen LogP contribution in [0, 0.1) is 0 Å². The number of fused-ring (bicyclic) bond motifs is 1. The number of aliphatic hydroxyl groups is 1. The van der Waals surface area contributed by atoms with Gasteiger partial charge in [-0.3, -0.25) is 14.4 Å². The van der Waals surface area contributed by atoms with E-state index >= 15 is 0 Å². The summed E-state index contributed by atoms with van der Waals surface area (Å²) >= 11 is 1.49. The summed E-state index contributed by atoms with van der Waals surface area (Å²) in [5, 5.41) is 25.0. The maximum atomic E-state index is 13.6. The number of nitrogens with zero attached hydrogens (tertiary/aromatic N) is 1. The summed E-state index contributed by atoms with van der Waals surface area (Å²) < 4.78 is 0. The Morgan fingerprint density at radius 3 is 2.61 bits per heavy atom. The number of amides is 3. The van der Waals surface area contributed by atoms with Gasteiger partial charge in [-0.25, -0.2) is 4.79 Å². The number of rotatable bonds is 12. The van der Waals surface area contributed by atoms with Crippen LogP contribution in [0.3, 0.4) is 0 Å². The van der Waals surface area contributed by atoms with Crippen LogP contribution in [0.4, 0.5) is 0 Å². The number of thioether (sulfide) groups is 1. The second-order valence-electron chi connectivity index (χ2n) is 8.78. The molecule has 7 N–H and O–H groups in total. The number of hydrogen-bond acceptors (Lipinski definition) is 7. The number of aromatic amines is 1. The maximum absolute atomic E-state index is 13.6. The lowest BCUT2D eigenvalue weighted by Crippen LogP contribution is -2.58. The zero-order valence-electron chi connectivity index (χ0n) is 20.1. The van der Waals surface area contributed by atoms with E-state index in [0.717, 1.165) is 16.5 Å². The van der Waals surface area contributed by atoms with Gasteiger partial charge in [-0.1, -0.05) is 18.2 Å². The molecule has 1 aromatic heterocycles. The minimum absolute atomic E-state index is 0.136. The van der Waals surface area contributed by atoms with Crippen molar-refractivity contribution in [3.8, 4) is 0 Å². The highest BCUT2D eigenvalue weighted by molar-refractivity contribution is 7.98. The van der Waals surface area contributed by atoms with Crippen LogP contribution < -0.4 is 16.4 Å². The predicted molar refractivity (Wildman–Crippen MR) is 136 cm³/mol. The van der Waals surface area contributed by atoms with Crippen LogP contribution in [0.2, 0.25) is 0 Å². The lowest BCUT2D eigenvalue weighted by atomic mass is 10.0. The summed E-state index contributed by atoms with van der Waals surface area (Å²) in [7, 11) is 0. The van der Waals surface area contributed by atoms with E-state index in [1.54, 1.807) is 6.20 Å². The lowest BCUT2D eigenvalue weighted by molar-refractivity contribution is -0.149. The summed E-state index contributed by atoms with van der Waals surface area (Å²) in [5.41, 5.74) is 7.26. The number of nitrogens with two attached hydrogens (primary N) is 1. The molecule has 4 unspecified atom stereocenters. The lowest BCUT2D eigenvalue weighted by Gasteiger charge is -2.29. The van der Waals surface area contributed by atoms with Gasteiger partial charge >= 0.3 is 5.97 Å². The fraction of sp³-hybridized carbons (Fsp3) is 0.500. The average Bonchev–Trinajstić information content (AvgIpc) is 3.52. The maximum Gasteiger partial charge on any atom is 0.326 e. The first-order chi connectivity index (χ1) is 17.3. The van der Waals surface area contributed by atoms with Gasteiger partial charge in [0.2, 0.25) is 17.7 Å². The number of nitrogens with one attached hydrogen (secondary N) is 3. The molecular formula is C24H33N5O6S. The SMILES string of the molecule is CSCCC(NC(=O)C(N)CO)C(=O)NC(Cc1c[nH]c2ccccc12)C(=O)N1CCCC1C(=O)O. The molecule has 4 atom stereocenters. The average molecular weight is 520 g/mol. The van der Waals surface area contributed by atoms with E-state index in [2.05, 4.69) is 15.6 Å². The molecule has 3 rings (SSSR count). The molecule has 2 aromatic rings. The summed E-state index contributed by atoms with van der Waals surface area (Å²) in [6.07, 6.45) is 4.95. The van der Waals surface area contributed by atoms with Crippen LogP contribution in [0.1, 0.15) is 24.8 Å². The number of H-pyrrole nitrogens is 1. The number of carbonyl (C=O) groups excluding carboxylic acids is 3. The number of likely N-dealkylation sites (tertiary alicyclic amines) is 1. The van der Waals surface area contributed by atoms with Crippen molar-refractivity contribution in [3.05, 3.63) is 36.0 Å². The molecule has 1 aliphatic heterocycles. The Labute approximate surface area is 213 Å². The Bertz CT molecular complexity index is 1090. The van der Waals surface area contributed by atoms with Crippen molar-refractivity contribution in [2.75, 3.05) is 25.2 Å². The van der Waals surface area contributed by atoms with Gasteiger partial charge in [-0.05, 0) is 42.9 Å². The highest BCUT2D eigenvalue weighted by atomic mass is 32.2. The summed E-state index contributed by atoms with van der Waals surface area (Å²) in [6, 6.07) is 3.39. The number of carbonyl (C=O) groups is 4. The molecule has 1 aliphatic rings. The van der Waals surface area contributed by atoms with Crippen LogP contribution in [0.15, 0.2) is 30.5 Å². The fourth-order valence-electron chi connectivity index (χ4n) is 4.35. The Balaban J connectivity index is 1.86. The minimum atomic E-state index is -1.18. The van der Waals surface area contributed by atoms with Crippen molar-refractivity contribution in [2.24, 2.45) is 5.73 Å². The van der Waals surface area contributed by atoms with Crippen LogP contribution in [-0.2, 0) is 25.6 Å². The third-order valence-corrected chi connectivity index (χ3v) is 6.96. The van der Waals surface area contributed by atoms with Crippen molar-refractivity contribution in [3.63, 3.8) is 0 Å². The van der Waals surface area contributed by atoms with Crippen molar-refractivity contribution < 1.29 is 29.4 Å². The Kier molecular flexibility index (Phi) is 9.73. The van der Waals surface area contributed by atoms with Gasteiger partial charge in [-0.15, -0.1) is 0 Å². The van der Waals surface area contributed by atoms with E-state index in [0.29, 0.717) is 18.6 Å². The third-order valence-electron chi connectivity index (χ3n) is 6.31. The number of benzene rings is 1. The molecule has 0 bridgehead atoms. The quantitative estimate of drug-likeness (QED) is 0.224. The Hall–Kier alpha value is -3.09. The van der Waals surface area contributed by atoms with E-state index in [1.807, 2.05) is 30.5 Å². The van der Waals surface area contributed by atoms with Crippen molar-refractivity contribution in [1.82, 2.24) is 20.5 Å². The van der Waals surface area contributed by atoms with Crippen LogP contribution in [0.25, 0.3) is 10.9 Å². The zero-order chi connectivity index (χ0) is 26.2. The summed E-state index contributed by atoms with van der Waals surface area (Å²) in [5.74, 6) is -2.27. The first kappa shape index (κ1) is 27.5. The number of aromatic nitrogens is 1. The van der Waals surface area contributed by atoms with Gasteiger partial charge in [0.25, 0.3) is 0 Å². The van der Waals surface area contributed by atoms with E-state index in [4.69, 9.17) is 5.73 Å². The third kappa shape index (κ3) is 6.56. The van der Waals surface area contributed by atoms with Crippen LogP contribution in [0.5, 0.6) is 0 Å². The van der Waals surface area contributed by atoms with Crippen LogP contribution in [-0.4, -0.2) is 93.1 Å². The number of para-hydroxylation sites is 1. The van der Waals surface area contributed by atoms with Gasteiger partial charge < -0.3 is 36.5 Å². The molecule has 3 amide bonds. The summed E-state index contributed by atoms with van der Waals surface area (Å²) in [4.78, 5) is 55.3. The second-order valence-corrected chi connectivity index (χ2v) is 9.77. The van der Waals surface area contributed by atoms with E-state index < -0.39 is 54.5 Å². The minimum Gasteiger partial charge on any atom is -0.480 e. The molecule has 0 aliphatic carbocycles. The molecule has 196 valence electrons. The monoisotopic (exact) mass is 519 g/mol. The molecule has 1 fully saturated rings. The molecule has 12 heteroatoms. The number of aliphatic carboxylic acids is 1. The number of carboxylic acid groups (broad SMARTS) is 1. The first-order valence-corrected chi connectivity index (χ1v) is 13.2. The molecule has 0 spiro atoms. The Morgan fingerprint density at radius 2 is 1.92 bits per heavy atom. The normalized spacial score (nSPS) is 18.0. The van der Waals surface area contributed by atoms with Crippen molar-refractivity contribution in [2.45, 2.75) is 49.9 Å². The topological polar surface area (TPSA) is 178 Å². The molecule has 1 aromatic carbocycles. The first-order valence-electron chi connectivity index (χ1n) is 11.8. The van der Waals surface area contributed by atoms with Gasteiger partial charge in [0.15, 0.2) is 0 Å². The fourth-order valence-corrected chi connectivity index (χ4v) is 4.82. The van der Waals surface area contributed by atoms with E-state index in [9.17, 15) is 29.4 Å². The van der Waals surface area contributed by atoms with E-state index in [1.165, 1.54) is 16.7 Å². The highest BCUT2D eigenvalue weighted by Gasteiger charge is 2.38. The van der Waals surface area contributed by atoms with Gasteiger partial charge in [-0.2, -0.15) is 11.8 Å². The number of aliphatic hydroxyl groups excluding tert-OH is 1.